The number of nitro groups is 1. The molecule has 1 aromatic carbocycles. The molecule has 4 N–H and O–H groups in total. The lowest BCUT2D eigenvalue weighted by atomic mass is 10.2. The number of aliphatic hydroxyl groups excluding tert-OH is 3. The topological polar surface area (TPSA) is 119 Å². The fourth-order valence-corrected chi connectivity index (χ4v) is 1.84. The maximum Gasteiger partial charge on any atom is 0.294 e. The number of rotatable bonds is 9. The minimum atomic E-state index is -0.513. The van der Waals surface area contributed by atoms with E-state index < -0.39 is 4.92 Å². The second-order valence-corrected chi connectivity index (χ2v) is 4.05. The first-order chi connectivity index (χ1) is 9.63. The number of hydrogen-bond donors (Lipinski definition) is 4. The predicted molar refractivity (Wildman–Crippen MR) is 75.1 cm³/mol. The van der Waals surface area contributed by atoms with Gasteiger partial charge in [-0.25, -0.2) is 0 Å². The zero-order chi connectivity index (χ0) is 15.0. The van der Waals surface area contributed by atoms with Crippen LogP contribution in [0.25, 0.3) is 0 Å². The molecule has 0 radical (unpaired) electrons. The molecule has 0 aliphatic carbocycles. The van der Waals surface area contributed by atoms with Crippen LogP contribution in [0.5, 0.6) is 0 Å². The Bertz CT molecular complexity index is 435. The third-order valence-corrected chi connectivity index (χ3v) is 2.69. The maximum absolute atomic E-state index is 11.1. The molecule has 0 unspecified atom stereocenters. The fraction of sp³-hybridized carbons (Fsp3) is 0.500. The summed E-state index contributed by atoms with van der Waals surface area (Å²) in [6.45, 7) is 0.295. The minimum Gasteiger partial charge on any atom is -0.395 e. The molecule has 0 bridgehead atoms. The van der Waals surface area contributed by atoms with Crippen molar-refractivity contribution in [1.82, 2.24) is 0 Å². The van der Waals surface area contributed by atoms with Crippen molar-refractivity contribution in [2.75, 3.05) is 49.7 Å². The van der Waals surface area contributed by atoms with Crippen LogP contribution in [-0.4, -0.2) is 59.7 Å². The van der Waals surface area contributed by atoms with Gasteiger partial charge in [0.25, 0.3) is 5.69 Å². The molecule has 0 saturated heterocycles. The van der Waals surface area contributed by atoms with Crippen molar-refractivity contribution in [2.24, 2.45) is 0 Å². The first kappa shape index (κ1) is 16.2. The van der Waals surface area contributed by atoms with Crippen LogP contribution in [0, 0.1) is 10.1 Å². The summed E-state index contributed by atoms with van der Waals surface area (Å²) >= 11 is 0. The van der Waals surface area contributed by atoms with Crippen molar-refractivity contribution < 1.29 is 20.2 Å². The molecule has 0 aliphatic rings. The highest BCUT2D eigenvalue weighted by molar-refractivity contribution is 5.69. The average molecular weight is 285 g/mol. The van der Waals surface area contributed by atoms with Crippen molar-refractivity contribution in [3.05, 3.63) is 28.3 Å². The first-order valence-corrected chi connectivity index (χ1v) is 6.24. The number of nitrogens with one attached hydrogen (secondary N) is 1. The molecule has 1 aromatic rings. The Morgan fingerprint density at radius 1 is 1.15 bits per heavy atom. The van der Waals surface area contributed by atoms with E-state index in [4.69, 9.17) is 15.3 Å². The van der Waals surface area contributed by atoms with Gasteiger partial charge in [-0.05, 0) is 12.1 Å². The summed E-state index contributed by atoms with van der Waals surface area (Å²) in [5.41, 5.74) is 0.755. The van der Waals surface area contributed by atoms with Gasteiger partial charge in [-0.1, -0.05) is 0 Å². The van der Waals surface area contributed by atoms with E-state index in [2.05, 4.69) is 5.32 Å². The standard InChI is InChI=1S/C12H19N3O5/c16-6-3-13-10-1-2-11(12(9-10)15(19)20)14(4-7-17)5-8-18/h1-2,9,13,16-18H,3-8H2. The normalized spacial score (nSPS) is 10.3. The lowest BCUT2D eigenvalue weighted by Gasteiger charge is -2.23. The van der Waals surface area contributed by atoms with Crippen molar-refractivity contribution >= 4 is 17.1 Å². The van der Waals surface area contributed by atoms with Gasteiger partial charge in [0, 0.05) is 31.4 Å². The Morgan fingerprint density at radius 3 is 2.30 bits per heavy atom. The van der Waals surface area contributed by atoms with Crippen LogP contribution >= 0.6 is 0 Å². The Kier molecular flexibility index (Phi) is 6.71. The zero-order valence-corrected chi connectivity index (χ0v) is 11.0. The van der Waals surface area contributed by atoms with Crippen molar-refractivity contribution in [2.45, 2.75) is 0 Å². The molecule has 112 valence electrons. The van der Waals surface area contributed by atoms with Gasteiger partial charge in [0.1, 0.15) is 5.69 Å². The van der Waals surface area contributed by atoms with Gasteiger partial charge in [0.05, 0.1) is 24.7 Å². The van der Waals surface area contributed by atoms with Crippen LogP contribution in [0.2, 0.25) is 0 Å². The third kappa shape index (κ3) is 4.34. The van der Waals surface area contributed by atoms with Gasteiger partial charge in [-0.2, -0.15) is 0 Å². The number of aliphatic hydroxyl groups is 3. The summed E-state index contributed by atoms with van der Waals surface area (Å²) in [6.07, 6.45) is 0. The highest BCUT2D eigenvalue weighted by Crippen LogP contribution is 2.30. The Labute approximate surface area is 116 Å². The molecule has 0 fully saturated rings. The first-order valence-electron chi connectivity index (χ1n) is 6.24. The van der Waals surface area contributed by atoms with Crippen LogP contribution in [0.1, 0.15) is 0 Å². The SMILES string of the molecule is O=[N+]([O-])c1cc(NCCO)ccc1N(CCO)CCO. The molecule has 8 heteroatoms. The highest BCUT2D eigenvalue weighted by Gasteiger charge is 2.19. The van der Waals surface area contributed by atoms with Crippen molar-refractivity contribution in [3.8, 4) is 0 Å². The monoisotopic (exact) mass is 285 g/mol. The maximum atomic E-state index is 11.1. The summed E-state index contributed by atoms with van der Waals surface area (Å²) in [5, 5.41) is 40.7. The number of nitro benzene ring substituents is 1. The summed E-state index contributed by atoms with van der Waals surface area (Å²) in [6, 6.07) is 4.58. The molecule has 0 aliphatic heterocycles. The van der Waals surface area contributed by atoms with Gasteiger partial charge >= 0.3 is 0 Å². The van der Waals surface area contributed by atoms with E-state index in [1.807, 2.05) is 0 Å². The van der Waals surface area contributed by atoms with E-state index >= 15 is 0 Å². The highest BCUT2D eigenvalue weighted by atomic mass is 16.6. The summed E-state index contributed by atoms with van der Waals surface area (Å²) < 4.78 is 0. The van der Waals surface area contributed by atoms with E-state index in [0.717, 1.165) is 0 Å². The van der Waals surface area contributed by atoms with Crippen LogP contribution < -0.4 is 10.2 Å². The summed E-state index contributed by atoms with van der Waals surface area (Å²) in [5.74, 6) is 0. The van der Waals surface area contributed by atoms with Crippen LogP contribution in [0.3, 0.4) is 0 Å². The Morgan fingerprint density at radius 2 is 1.80 bits per heavy atom. The number of hydrogen-bond acceptors (Lipinski definition) is 7. The largest absolute Gasteiger partial charge is 0.395 e. The lowest BCUT2D eigenvalue weighted by molar-refractivity contribution is -0.384. The molecular weight excluding hydrogens is 266 g/mol. The van der Waals surface area contributed by atoms with E-state index in [0.29, 0.717) is 17.9 Å². The number of anilines is 2. The Balaban J connectivity index is 3.07. The van der Waals surface area contributed by atoms with Gasteiger partial charge in [0.2, 0.25) is 0 Å². The second kappa shape index (κ2) is 8.31. The third-order valence-electron chi connectivity index (χ3n) is 2.69. The zero-order valence-electron chi connectivity index (χ0n) is 11.0. The van der Waals surface area contributed by atoms with Gasteiger partial charge < -0.3 is 25.5 Å². The molecule has 20 heavy (non-hydrogen) atoms. The number of benzene rings is 1. The van der Waals surface area contributed by atoms with E-state index in [9.17, 15) is 10.1 Å². The lowest BCUT2D eigenvalue weighted by Crippen LogP contribution is -2.30. The second-order valence-electron chi connectivity index (χ2n) is 4.05. The van der Waals surface area contributed by atoms with E-state index in [1.54, 1.807) is 17.0 Å². The molecular formula is C12H19N3O5. The average Bonchev–Trinajstić information content (AvgIpc) is 2.44. The fourth-order valence-electron chi connectivity index (χ4n) is 1.84. The van der Waals surface area contributed by atoms with Gasteiger partial charge in [-0.3, -0.25) is 10.1 Å². The molecule has 1 rings (SSSR count). The number of nitrogens with zero attached hydrogens (tertiary/aromatic N) is 2. The van der Waals surface area contributed by atoms with Crippen LogP contribution in [0.15, 0.2) is 18.2 Å². The predicted octanol–water partition coefficient (Wildman–Crippen LogP) is -0.210. The van der Waals surface area contributed by atoms with Crippen LogP contribution in [0.4, 0.5) is 17.1 Å². The molecule has 0 amide bonds. The van der Waals surface area contributed by atoms with Crippen molar-refractivity contribution in [1.29, 1.82) is 0 Å². The van der Waals surface area contributed by atoms with Crippen molar-refractivity contribution in [3.63, 3.8) is 0 Å². The smallest absolute Gasteiger partial charge is 0.294 e. The summed E-state index contributed by atoms with van der Waals surface area (Å²) in [4.78, 5) is 12.2. The van der Waals surface area contributed by atoms with Crippen LogP contribution in [-0.2, 0) is 0 Å². The molecule has 0 heterocycles. The Hall–Kier alpha value is -1.90. The molecule has 0 saturated carbocycles. The molecule has 0 atom stereocenters. The molecule has 8 nitrogen and oxygen atoms in total. The minimum absolute atomic E-state index is 0.0727. The quantitative estimate of drug-likeness (QED) is 0.366. The van der Waals surface area contributed by atoms with E-state index in [-0.39, 0.29) is 38.6 Å². The molecule has 0 aromatic heterocycles. The summed E-state index contributed by atoms with van der Waals surface area (Å²) in [7, 11) is 0. The van der Waals surface area contributed by atoms with E-state index in [1.165, 1.54) is 6.07 Å². The van der Waals surface area contributed by atoms with Gasteiger partial charge in [0.15, 0.2) is 0 Å². The van der Waals surface area contributed by atoms with Gasteiger partial charge in [-0.15, -0.1) is 0 Å². The molecule has 0 spiro atoms.